The molecule has 8 atom stereocenters. The van der Waals surface area contributed by atoms with Crippen molar-refractivity contribution < 1.29 is 38.3 Å². The summed E-state index contributed by atoms with van der Waals surface area (Å²) in [6.07, 6.45) is 4.03. The van der Waals surface area contributed by atoms with Crippen LogP contribution in [-0.4, -0.2) is 93.8 Å². The average Bonchev–Trinajstić information content (AvgIpc) is 3.62. The maximum atomic E-state index is 14.4. The molecule has 0 bridgehead atoms. The van der Waals surface area contributed by atoms with Crippen LogP contribution in [0.4, 0.5) is 0 Å². The van der Waals surface area contributed by atoms with Gasteiger partial charge in [0.05, 0.1) is 25.6 Å². The number of benzene rings is 1. The first-order valence-electron chi connectivity index (χ1n) is 19.7. The van der Waals surface area contributed by atoms with Crippen LogP contribution < -0.4 is 5.32 Å². The lowest BCUT2D eigenvalue weighted by molar-refractivity contribution is -0.948. The van der Waals surface area contributed by atoms with Gasteiger partial charge in [-0.15, -0.1) is 11.3 Å². The van der Waals surface area contributed by atoms with Crippen molar-refractivity contribution in [2.75, 3.05) is 20.6 Å². The molecule has 2 unspecified atom stereocenters. The number of likely N-dealkylation sites (N-methyl/N-ethyl adjacent to an activating group) is 1. The molecule has 1 aliphatic heterocycles. The van der Waals surface area contributed by atoms with Gasteiger partial charge in [-0.1, -0.05) is 71.4 Å². The number of Topliss-reactive ketones (excluding diaryl/α,β-unsaturated/α-hetero) is 1. The van der Waals surface area contributed by atoms with Gasteiger partial charge in [-0.2, -0.15) is 0 Å². The molecule has 0 aliphatic carbocycles. The highest BCUT2D eigenvalue weighted by molar-refractivity contribution is 7.09. The predicted octanol–water partition coefficient (Wildman–Crippen LogP) is 7.10. The number of hydrogen-bond acceptors (Lipinski definition) is 8. The second kappa shape index (κ2) is 20.3. The van der Waals surface area contributed by atoms with E-state index in [0.29, 0.717) is 22.0 Å². The number of likely N-dealkylation sites (tertiary alicyclic amines) is 1. The fourth-order valence-corrected chi connectivity index (χ4v) is 8.70. The molecule has 2 amide bonds. The Kier molecular flexibility index (Phi) is 16.8. The number of piperidine rings is 1. The van der Waals surface area contributed by atoms with E-state index < -0.39 is 41.8 Å². The molecule has 0 radical (unpaired) electrons. The number of carbonyl (C=O) groups excluding carboxylic acids is 4. The molecule has 1 fully saturated rings. The van der Waals surface area contributed by atoms with Crippen LogP contribution in [0.25, 0.3) is 0 Å². The van der Waals surface area contributed by atoms with Crippen LogP contribution in [0, 0.1) is 23.7 Å². The van der Waals surface area contributed by atoms with Crippen LogP contribution >= 0.6 is 11.3 Å². The lowest BCUT2D eigenvalue weighted by Gasteiger charge is -2.47. The van der Waals surface area contributed by atoms with Crippen molar-refractivity contribution in [2.24, 2.45) is 23.7 Å². The van der Waals surface area contributed by atoms with Gasteiger partial charge < -0.3 is 24.5 Å². The Morgan fingerprint density at radius 2 is 1.70 bits per heavy atom. The Morgan fingerprint density at radius 3 is 2.28 bits per heavy atom. The molecule has 12 heteroatoms. The summed E-state index contributed by atoms with van der Waals surface area (Å²) in [5, 5.41) is 14.6. The van der Waals surface area contributed by atoms with Gasteiger partial charge in [0.1, 0.15) is 16.7 Å². The van der Waals surface area contributed by atoms with Gasteiger partial charge in [0, 0.05) is 56.6 Å². The molecular formula is C42H65N4O7S+. The summed E-state index contributed by atoms with van der Waals surface area (Å²) in [6, 6.07) is 8.93. The number of carboxylic acid groups (broad SMARTS) is 1. The Bertz CT molecular complexity index is 1560. The van der Waals surface area contributed by atoms with Crippen molar-refractivity contribution >= 4 is 40.9 Å². The third-order valence-corrected chi connectivity index (χ3v) is 12.8. The van der Waals surface area contributed by atoms with Crippen LogP contribution in [-0.2, 0) is 30.3 Å². The third kappa shape index (κ3) is 11.9. The molecule has 1 saturated heterocycles. The smallest absolute Gasteiger partial charge is 0.306 e. The summed E-state index contributed by atoms with van der Waals surface area (Å²) in [5.74, 6) is -3.01. The molecule has 11 nitrogen and oxygen atoms in total. The summed E-state index contributed by atoms with van der Waals surface area (Å²) in [7, 11) is 3.96. The first-order valence-corrected chi connectivity index (χ1v) is 20.6. The molecule has 1 aliphatic rings. The molecule has 1 aromatic heterocycles. The number of rotatable bonds is 20. The number of nitrogens with one attached hydrogen (secondary N) is 1. The molecule has 2 heterocycles. The summed E-state index contributed by atoms with van der Waals surface area (Å²) < 4.78 is 6.52. The SMILES string of the molecule is CC[C@H](C)[C@H](CC(=O)[C@H]1CCCC[N+]1(C)C(C)C)C(=O)N(C)C(C[C@H](OC(C)=O)c1nc(C(=O)N[C@@H](Cc2ccccc2)C[C@H](C)C(=O)O)cs1)C(C)C. The van der Waals surface area contributed by atoms with Gasteiger partial charge in [0.25, 0.3) is 5.91 Å². The first kappa shape index (κ1) is 44.8. The second-order valence-corrected chi connectivity index (χ2v) is 17.2. The summed E-state index contributed by atoms with van der Waals surface area (Å²) in [4.78, 5) is 72.5. The van der Waals surface area contributed by atoms with E-state index in [-0.39, 0.29) is 60.6 Å². The van der Waals surface area contributed by atoms with Crippen molar-refractivity contribution in [3.8, 4) is 0 Å². The number of esters is 1. The highest BCUT2D eigenvalue weighted by atomic mass is 32.1. The fraction of sp³-hybridized carbons (Fsp3) is 0.667. The van der Waals surface area contributed by atoms with Crippen molar-refractivity contribution in [1.82, 2.24) is 15.2 Å². The topological polar surface area (TPSA) is 143 Å². The van der Waals surface area contributed by atoms with Crippen LogP contribution in [0.3, 0.4) is 0 Å². The zero-order valence-corrected chi connectivity index (χ0v) is 35.0. The molecule has 0 spiro atoms. The third-order valence-electron chi connectivity index (χ3n) is 11.8. The van der Waals surface area contributed by atoms with Gasteiger partial charge in [-0.25, -0.2) is 4.98 Å². The van der Waals surface area contributed by atoms with Crippen LogP contribution in [0.5, 0.6) is 0 Å². The monoisotopic (exact) mass is 769 g/mol. The Balaban J connectivity index is 1.83. The first-order chi connectivity index (χ1) is 25.4. The van der Waals surface area contributed by atoms with Crippen molar-refractivity contribution in [3.05, 3.63) is 52.0 Å². The Morgan fingerprint density at radius 1 is 1.04 bits per heavy atom. The van der Waals surface area contributed by atoms with Gasteiger partial charge in [-0.3, -0.25) is 24.0 Å². The summed E-state index contributed by atoms with van der Waals surface area (Å²) in [6.45, 7) is 16.4. The molecule has 2 aromatic rings. The lowest BCUT2D eigenvalue weighted by Crippen LogP contribution is -2.62. The van der Waals surface area contributed by atoms with Crippen LogP contribution in [0.15, 0.2) is 35.7 Å². The summed E-state index contributed by atoms with van der Waals surface area (Å²) >= 11 is 1.20. The number of aromatic nitrogens is 1. The standard InChI is InChI=1S/C42H64N4O7S/c1-11-28(6)33(23-37(48)36-19-15-16-20-46(36,10)27(4)5)41(50)45(9)35(26(2)3)24-38(53-30(8)47)40-44-34(25-54-40)39(49)43-32(21-29(7)42(51)52)22-31-17-13-12-14-18-31/h12-14,17-18,25-29,32-33,35-36,38H,11,15-16,19-24H2,1-10H3,(H-,43,49,51,52)/p+1/t28-,29-,32+,33-,35?,36+,38-,46?/m0/s1. The van der Waals surface area contributed by atoms with Crippen molar-refractivity contribution in [2.45, 2.75) is 137 Å². The molecule has 0 saturated carbocycles. The molecular weight excluding hydrogens is 705 g/mol. The minimum absolute atomic E-state index is 0.00777. The molecule has 2 N–H and O–H groups in total. The average molecular weight is 770 g/mol. The number of amides is 2. The highest BCUT2D eigenvalue weighted by Crippen LogP contribution is 2.34. The van der Waals surface area contributed by atoms with E-state index in [2.05, 4.69) is 31.2 Å². The second-order valence-electron chi connectivity index (χ2n) is 16.3. The van der Waals surface area contributed by atoms with E-state index in [9.17, 15) is 29.1 Å². The van der Waals surface area contributed by atoms with E-state index in [1.807, 2.05) is 58.0 Å². The number of aliphatic carboxylic acids is 1. The fourth-order valence-electron chi connectivity index (χ4n) is 7.86. The number of nitrogens with zero attached hydrogens (tertiary/aromatic N) is 3. The van der Waals surface area contributed by atoms with Gasteiger partial charge in [-0.05, 0) is 56.9 Å². The number of hydrogen-bond donors (Lipinski definition) is 2. The minimum atomic E-state index is -0.940. The molecule has 54 heavy (non-hydrogen) atoms. The normalized spacial score (nSPS) is 20.7. The van der Waals surface area contributed by atoms with E-state index in [0.717, 1.165) is 37.8 Å². The largest absolute Gasteiger partial charge is 0.481 e. The zero-order chi connectivity index (χ0) is 40.3. The molecule has 1 aromatic carbocycles. The quantitative estimate of drug-likeness (QED) is 0.107. The number of ketones is 1. The highest BCUT2D eigenvalue weighted by Gasteiger charge is 2.44. The Labute approximate surface area is 326 Å². The number of carboxylic acids is 1. The maximum Gasteiger partial charge on any atom is 0.306 e. The van der Waals surface area contributed by atoms with Crippen LogP contribution in [0.1, 0.15) is 127 Å². The van der Waals surface area contributed by atoms with Crippen molar-refractivity contribution in [1.29, 1.82) is 0 Å². The number of thiazole rings is 1. The zero-order valence-electron chi connectivity index (χ0n) is 34.2. The number of quaternary nitrogens is 1. The van der Waals surface area contributed by atoms with Crippen molar-refractivity contribution in [3.63, 3.8) is 0 Å². The molecule has 3 rings (SSSR count). The van der Waals surface area contributed by atoms with E-state index in [1.165, 1.54) is 18.3 Å². The predicted molar refractivity (Wildman–Crippen MR) is 212 cm³/mol. The van der Waals surface area contributed by atoms with E-state index in [1.54, 1.807) is 24.3 Å². The van der Waals surface area contributed by atoms with Gasteiger partial charge in [0.15, 0.2) is 11.9 Å². The maximum absolute atomic E-state index is 14.4. The number of carbonyl (C=O) groups is 5. The van der Waals surface area contributed by atoms with E-state index in [4.69, 9.17) is 4.74 Å². The van der Waals surface area contributed by atoms with Crippen LogP contribution in [0.2, 0.25) is 0 Å². The van der Waals surface area contributed by atoms with Gasteiger partial charge in [0.2, 0.25) is 5.91 Å². The molecule has 300 valence electrons. The van der Waals surface area contributed by atoms with Gasteiger partial charge >= 0.3 is 11.9 Å². The minimum Gasteiger partial charge on any atom is -0.481 e. The Hall–Kier alpha value is -3.64. The summed E-state index contributed by atoms with van der Waals surface area (Å²) in [5.41, 5.74) is 1.11. The lowest BCUT2D eigenvalue weighted by atomic mass is 9.82. The number of ether oxygens (including phenoxy) is 1. The van der Waals surface area contributed by atoms with E-state index >= 15 is 0 Å².